The molecule has 1 aromatic carbocycles. The molecule has 6 heteroatoms. The number of hydrogen-bond acceptors (Lipinski definition) is 4. The van der Waals surface area contributed by atoms with Gasteiger partial charge in [0.15, 0.2) is 0 Å². The maximum Gasteiger partial charge on any atom is 0.298 e. The van der Waals surface area contributed by atoms with E-state index in [-0.39, 0.29) is 5.91 Å². The van der Waals surface area contributed by atoms with Crippen LogP contribution in [0.3, 0.4) is 0 Å². The lowest BCUT2D eigenvalue weighted by Gasteiger charge is -2.30. The number of piperidine rings is 1. The molecule has 0 saturated carbocycles. The number of carbonyl (C=O) groups is 2. The van der Waals surface area contributed by atoms with Gasteiger partial charge in [-0.3, -0.25) is 9.59 Å². The molecule has 2 aromatic heterocycles. The quantitative estimate of drug-likeness (QED) is 0.666. The Morgan fingerprint density at radius 1 is 1.26 bits per heavy atom. The Balaban J connectivity index is 1.61. The SMILES string of the molecule is C[C@H]1CCCN(C(=O)c2cnc3c(ccn3-c3ccc(OC=O)cc3)c2)C1. The van der Waals surface area contributed by atoms with Gasteiger partial charge in [-0.25, -0.2) is 4.98 Å². The first-order chi connectivity index (χ1) is 13.2. The fraction of sp³-hybridized carbons (Fsp3) is 0.286. The summed E-state index contributed by atoms with van der Waals surface area (Å²) in [6.45, 7) is 4.22. The third-order valence-electron chi connectivity index (χ3n) is 5.02. The zero-order chi connectivity index (χ0) is 18.8. The highest BCUT2D eigenvalue weighted by Gasteiger charge is 2.22. The second-order valence-electron chi connectivity index (χ2n) is 7.03. The van der Waals surface area contributed by atoms with Crippen molar-refractivity contribution in [1.29, 1.82) is 0 Å². The highest BCUT2D eigenvalue weighted by molar-refractivity contribution is 5.97. The van der Waals surface area contributed by atoms with E-state index >= 15 is 0 Å². The standard InChI is InChI=1S/C21H21N3O3/c1-15-3-2-9-23(13-15)21(26)17-11-16-8-10-24(20(16)22-12-17)18-4-6-19(7-5-18)27-14-25/h4-8,10-12,14-15H,2-3,9,13H2,1H3/t15-/m0/s1. The van der Waals surface area contributed by atoms with Gasteiger partial charge in [-0.1, -0.05) is 6.92 Å². The minimum atomic E-state index is 0.0547. The third-order valence-corrected chi connectivity index (χ3v) is 5.02. The Kier molecular flexibility index (Phi) is 4.62. The Morgan fingerprint density at radius 3 is 2.81 bits per heavy atom. The van der Waals surface area contributed by atoms with Crippen molar-refractivity contribution < 1.29 is 14.3 Å². The smallest absolute Gasteiger partial charge is 0.298 e. The molecular formula is C21H21N3O3. The summed E-state index contributed by atoms with van der Waals surface area (Å²) in [7, 11) is 0. The van der Waals surface area contributed by atoms with Crippen LogP contribution in [-0.2, 0) is 4.79 Å². The molecule has 1 amide bonds. The van der Waals surface area contributed by atoms with Crippen LogP contribution in [0, 0.1) is 5.92 Å². The molecule has 1 fully saturated rings. The van der Waals surface area contributed by atoms with Crippen molar-refractivity contribution in [1.82, 2.24) is 14.5 Å². The summed E-state index contributed by atoms with van der Waals surface area (Å²) in [4.78, 5) is 29.7. The Bertz CT molecular complexity index is 978. The predicted molar refractivity (Wildman–Crippen MR) is 102 cm³/mol. The van der Waals surface area contributed by atoms with Gasteiger partial charge in [0.1, 0.15) is 11.4 Å². The average molecular weight is 363 g/mol. The van der Waals surface area contributed by atoms with Gasteiger partial charge in [0.25, 0.3) is 12.4 Å². The van der Waals surface area contributed by atoms with E-state index in [1.54, 1.807) is 18.3 Å². The molecule has 4 rings (SSSR count). The predicted octanol–water partition coefficient (Wildman–Crippen LogP) is 3.43. The molecule has 1 atom stereocenters. The number of nitrogens with zero attached hydrogens (tertiary/aromatic N) is 3. The lowest BCUT2D eigenvalue weighted by molar-refractivity contribution is -0.120. The van der Waals surface area contributed by atoms with Crippen molar-refractivity contribution in [2.75, 3.05) is 13.1 Å². The molecule has 138 valence electrons. The number of aromatic nitrogens is 2. The molecule has 0 aliphatic carbocycles. The van der Waals surface area contributed by atoms with Crippen LogP contribution in [0.1, 0.15) is 30.1 Å². The van der Waals surface area contributed by atoms with E-state index in [1.807, 2.05) is 39.9 Å². The first kappa shape index (κ1) is 17.3. The molecule has 1 saturated heterocycles. The number of carbonyl (C=O) groups excluding carboxylic acids is 2. The lowest BCUT2D eigenvalue weighted by Crippen LogP contribution is -2.39. The van der Waals surface area contributed by atoms with Crippen molar-refractivity contribution in [3.8, 4) is 11.4 Å². The summed E-state index contributed by atoms with van der Waals surface area (Å²) >= 11 is 0. The number of hydrogen-bond donors (Lipinski definition) is 0. The van der Waals surface area contributed by atoms with Crippen LogP contribution in [0.15, 0.2) is 48.8 Å². The summed E-state index contributed by atoms with van der Waals surface area (Å²) in [5.41, 5.74) is 2.31. The lowest BCUT2D eigenvalue weighted by atomic mass is 9.99. The molecule has 6 nitrogen and oxygen atoms in total. The Hall–Kier alpha value is -3.15. The number of ether oxygens (including phenoxy) is 1. The Labute approximate surface area is 157 Å². The molecule has 3 aromatic rings. The zero-order valence-electron chi connectivity index (χ0n) is 15.2. The number of pyridine rings is 1. The van der Waals surface area contributed by atoms with Crippen LogP contribution >= 0.6 is 0 Å². The topological polar surface area (TPSA) is 64.4 Å². The van der Waals surface area contributed by atoms with Crippen LogP contribution in [-0.4, -0.2) is 39.9 Å². The van der Waals surface area contributed by atoms with Crippen molar-refractivity contribution in [3.05, 3.63) is 54.4 Å². The number of benzene rings is 1. The number of likely N-dealkylation sites (tertiary alicyclic amines) is 1. The molecule has 0 bridgehead atoms. The van der Waals surface area contributed by atoms with Crippen LogP contribution in [0.25, 0.3) is 16.7 Å². The van der Waals surface area contributed by atoms with E-state index in [1.165, 1.54) is 6.42 Å². The maximum atomic E-state index is 12.8. The summed E-state index contributed by atoms with van der Waals surface area (Å²) in [6, 6.07) is 11.0. The van der Waals surface area contributed by atoms with E-state index in [4.69, 9.17) is 4.74 Å². The van der Waals surface area contributed by atoms with Crippen molar-refractivity contribution in [3.63, 3.8) is 0 Å². The van der Waals surface area contributed by atoms with Gasteiger partial charge in [-0.15, -0.1) is 0 Å². The van der Waals surface area contributed by atoms with Gasteiger partial charge in [-0.05, 0) is 55.2 Å². The summed E-state index contributed by atoms with van der Waals surface area (Å²) in [5, 5.41) is 0.916. The minimum Gasteiger partial charge on any atom is -0.429 e. The normalized spacial score (nSPS) is 17.1. The minimum absolute atomic E-state index is 0.0547. The molecular weight excluding hydrogens is 342 g/mol. The average Bonchev–Trinajstić information content (AvgIpc) is 3.11. The van der Waals surface area contributed by atoms with Gasteiger partial charge in [0.2, 0.25) is 0 Å². The largest absolute Gasteiger partial charge is 0.429 e. The Morgan fingerprint density at radius 2 is 2.07 bits per heavy atom. The monoisotopic (exact) mass is 363 g/mol. The number of fused-ring (bicyclic) bond motifs is 1. The van der Waals surface area contributed by atoms with Crippen molar-refractivity contribution >= 4 is 23.4 Å². The van der Waals surface area contributed by atoms with E-state index in [9.17, 15) is 9.59 Å². The van der Waals surface area contributed by atoms with Crippen LogP contribution in [0.5, 0.6) is 5.75 Å². The summed E-state index contributed by atoms with van der Waals surface area (Å²) in [6.07, 6.45) is 5.82. The molecule has 3 heterocycles. The molecule has 1 aliphatic rings. The molecule has 27 heavy (non-hydrogen) atoms. The maximum absolute atomic E-state index is 12.8. The van der Waals surface area contributed by atoms with Gasteiger partial charge in [0.05, 0.1) is 5.56 Å². The number of rotatable bonds is 4. The molecule has 0 radical (unpaired) electrons. The van der Waals surface area contributed by atoms with Gasteiger partial charge in [-0.2, -0.15) is 0 Å². The van der Waals surface area contributed by atoms with Gasteiger partial charge >= 0.3 is 0 Å². The van der Waals surface area contributed by atoms with Crippen LogP contribution in [0.4, 0.5) is 0 Å². The zero-order valence-corrected chi connectivity index (χ0v) is 15.2. The molecule has 1 aliphatic heterocycles. The van der Waals surface area contributed by atoms with Crippen LogP contribution < -0.4 is 4.74 Å². The second kappa shape index (κ2) is 7.23. The summed E-state index contributed by atoms with van der Waals surface area (Å²) < 4.78 is 6.77. The fourth-order valence-corrected chi connectivity index (χ4v) is 3.65. The highest BCUT2D eigenvalue weighted by atomic mass is 16.5. The first-order valence-corrected chi connectivity index (χ1v) is 9.13. The van der Waals surface area contributed by atoms with Crippen molar-refractivity contribution in [2.45, 2.75) is 19.8 Å². The first-order valence-electron chi connectivity index (χ1n) is 9.13. The molecule has 0 spiro atoms. The van der Waals surface area contributed by atoms with E-state index in [2.05, 4.69) is 11.9 Å². The van der Waals surface area contributed by atoms with E-state index in [0.717, 1.165) is 36.2 Å². The number of amides is 1. The third kappa shape index (κ3) is 3.43. The van der Waals surface area contributed by atoms with E-state index in [0.29, 0.717) is 23.7 Å². The summed E-state index contributed by atoms with van der Waals surface area (Å²) in [5.74, 6) is 1.09. The highest BCUT2D eigenvalue weighted by Crippen LogP contribution is 2.23. The molecule has 0 N–H and O–H groups in total. The second-order valence-corrected chi connectivity index (χ2v) is 7.03. The van der Waals surface area contributed by atoms with E-state index < -0.39 is 0 Å². The molecule has 0 unspecified atom stereocenters. The van der Waals surface area contributed by atoms with Crippen molar-refractivity contribution in [2.24, 2.45) is 5.92 Å². The van der Waals surface area contributed by atoms with Crippen LogP contribution in [0.2, 0.25) is 0 Å². The van der Waals surface area contributed by atoms with Gasteiger partial charge < -0.3 is 14.2 Å². The fourth-order valence-electron chi connectivity index (χ4n) is 3.65. The van der Waals surface area contributed by atoms with Gasteiger partial charge in [0, 0.05) is 36.6 Å².